The van der Waals surface area contributed by atoms with E-state index in [9.17, 15) is 0 Å². The van der Waals surface area contributed by atoms with Gasteiger partial charge >= 0.3 is 0 Å². The number of anilines is 1. The minimum atomic E-state index is 0.494. The molecule has 0 saturated carbocycles. The van der Waals surface area contributed by atoms with Crippen LogP contribution in [-0.4, -0.2) is 17.3 Å². The van der Waals surface area contributed by atoms with Gasteiger partial charge in [-0.25, -0.2) is 0 Å². The van der Waals surface area contributed by atoms with Gasteiger partial charge in [-0.05, 0) is 55.3 Å². The van der Waals surface area contributed by atoms with Crippen LogP contribution in [0.3, 0.4) is 0 Å². The maximum absolute atomic E-state index is 5.71. The Hall–Kier alpha value is -2.82. The summed E-state index contributed by atoms with van der Waals surface area (Å²) in [4.78, 5) is 0. The molecule has 118 valence electrons. The van der Waals surface area contributed by atoms with Crippen LogP contribution >= 0.6 is 0 Å². The van der Waals surface area contributed by atoms with Gasteiger partial charge in [-0.2, -0.15) is 0 Å². The standard InChI is InChI=1S/C18H19N3O2/c1-12-5-4-6-16(13(12)2)19-11-17-20-21-18(23-17)14-7-9-15(22-3)10-8-14/h4-10,19H,11H2,1-3H3. The van der Waals surface area contributed by atoms with Crippen molar-refractivity contribution in [2.24, 2.45) is 0 Å². The van der Waals surface area contributed by atoms with Crippen LogP contribution < -0.4 is 10.1 Å². The Balaban J connectivity index is 1.70. The molecule has 5 nitrogen and oxygen atoms in total. The predicted molar refractivity (Wildman–Crippen MR) is 89.5 cm³/mol. The van der Waals surface area contributed by atoms with E-state index in [2.05, 4.69) is 35.4 Å². The van der Waals surface area contributed by atoms with Gasteiger partial charge in [0.1, 0.15) is 5.75 Å². The lowest BCUT2D eigenvalue weighted by Crippen LogP contribution is -2.02. The highest BCUT2D eigenvalue weighted by Gasteiger charge is 2.09. The molecule has 0 aliphatic rings. The van der Waals surface area contributed by atoms with Gasteiger partial charge in [0.05, 0.1) is 13.7 Å². The van der Waals surface area contributed by atoms with Gasteiger partial charge in [0, 0.05) is 11.3 Å². The van der Waals surface area contributed by atoms with Crippen LogP contribution in [0.4, 0.5) is 5.69 Å². The van der Waals surface area contributed by atoms with Crippen molar-refractivity contribution in [1.29, 1.82) is 0 Å². The lowest BCUT2D eigenvalue weighted by molar-refractivity contribution is 0.415. The monoisotopic (exact) mass is 309 g/mol. The van der Waals surface area contributed by atoms with Crippen LogP contribution in [0.25, 0.3) is 11.5 Å². The molecule has 3 aromatic rings. The Bertz CT molecular complexity index is 794. The fourth-order valence-corrected chi connectivity index (χ4v) is 2.29. The zero-order valence-electron chi connectivity index (χ0n) is 13.5. The van der Waals surface area contributed by atoms with E-state index >= 15 is 0 Å². The van der Waals surface area contributed by atoms with Crippen LogP contribution in [0.5, 0.6) is 5.75 Å². The molecule has 2 aromatic carbocycles. The minimum Gasteiger partial charge on any atom is -0.497 e. The van der Waals surface area contributed by atoms with Crippen molar-refractivity contribution in [1.82, 2.24) is 10.2 Å². The van der Waals surface area contributed by atoms with Crippen molar-refractivity contribution in [2.45, 2.75) is 20.4 Å². The number of aryl methyl sites for hydroxylation is 1. The second-order valence-electron chi connectivity index (χ2n) is 5.33. The van der Waals surface area contributed by atoms with Crippen molar-refractivity contribution in [3.05, 3.63) is 59.5 Å². The van der Waals surface area contributed by atoms with E-state index in [1.165, 1.54) is 11.1 Å². The van der Waals surface area contributed by atoms with Crippen LogP contribution in [0.15, 0.2) is 46.9 Å². The number of methoxy groups -OCH3 is 1. The third-order valence-corrected chi connectivity index (χ3v) is 3.84. The predicted octanol–water partition coefficient (Wildman–Crippen LogP) is 3.97. The van der Waals surface area contributed by atoms with Gasteiger partial charge < -0.3 is 14.5 Å². The van der Waals surface area contributed by atoms with E-state index in [0.717, 1.165) is 17.0 Å². The first-order valence-corrected chi connectivity index (χ1v) is 7.44. The molecule has 0 radical (unpaired) electrons. The van der Waals surface area contributed by atoms with Crippen LogP contribution in [0.1, 0.15) is 17.0 Å². The number of rotatable bonds is 5. The highest BCUT2D eigenvalue weighted by atomic mass is 16.5. The van der Waals surface area contributed by atoms with Gasteiger partial charge in [0.25, 0.3) is 0 Å². The molecule has 0 atom stereocenters. The average molecular weight is 309 g/mol. The molecule has 23 heavy (non-hydrogen) atoms. The summed E-state index contributed by atoms with van der Waals surface area (Å²) < 4.78 is 10.9. The molecule has 1 aromatic heterocycles. The minimum absolute atomic E-state index is 0.494. The van der Waals surface area contributed by atoms with Crippen molar-refractivity contribution < 1.29 is 9.15 Å². The van der Waals surface area contributed by atoms with E-state index < -0.39 is 0 Å². The van der Waals surface area contributed by atoms with Crippen molar-refractivity contribution in [3.63, 3.8) is 0 Å². The molecule has 0 saturated heterocycles. The molecular weight excluding hydrogens is 290 g/mol. The molecule has 0 fully saturated rings. The Morgan fingerprint density at radius 1 is 1.04 bits per heavy atom. The summed E-state index contributed by atoms with van der Waals surface area (Å²) in [6.45, 7) is 4.68. The topological polar surface area (TPSA) is 60.2 Å². The first-order chi connectivity index (χ1) is 11.2. The fraction of sp³-hybridized carbons (Fsp3) is 0.222. The molecule has 0 amide bonds. The van der Waals surface area contributed by atoms with Crippen molar-refractivity contribution in [3.8, 4) is 17.2 Å². The smallest absolute Gasteiger partial charge is 0.247 e. The number of hydrogen-bond acceptors (Lipinski definition) is 5. The summed E-state index contributed by atoms with van der Waals surface area (Å²) in [5, 5.41) is 11.5. The lowest BCUT2D eigenvalue weighted by atomic mass is 10.1. The van der Waals surface area contributed by atoms with Crippen molar-refractivity contribution in [2.75, 3.05) is 12.4 Å². The van der Waals surface area contributed by atoms with E-state index in [-0.39, 0.29) is 0 Å². The maximum atomic E-state index is 5.71. The van der Waals surface area contributed by atoms with Gasteiger partial charge in [-0.1, -0.05) is 12.1 Å². The molecular formula is C18H19N3O2. The third kappa shape index (κ3) is 3.34. The third-order valence-electron chi connectivity index (χ3n) is 3.84. The number of benzene rings is 2. The highest BCUT2D eigenvalue weighted by Crippen LogP contribution is 2.22. The van der Waals surface area contributed by atoms with Crippen LogP contribution in [0, 0.1) is 13.8 Å². The molecule has 0 aliphatic heterocycles. The molecule has 3 rings (SSSR count). The molecule has 0 aliphatic carbocycles. The van der Waals surface area contributed by atoms with Gasteiger partial charge in [-0.15, -0.1) is 10.2 Å². The van der Waals surface area contributed by atoms with E-state index in [4.69, 9.17) is 9.15 Å². The van der Waals surface area contributed by atoms with Crippen LogP contribution in [-0.2, 0) is 6.54 Å². The molecule has 0 bridgehead atoms. The zero-order chi connectivity index (χ0) is 16.2. The number of nitrogens with one attached hydrogen (secondary N) is 1. The summed E-state index contributed by atoms with van der Waals surface area (Å²) >= 11 is 0. The molecule has 1 N–H and O–H groups in total. The molecule has 5 heteroatoms. The average Bonchev–Trinajstić information content (AvgIpc) is 3.05. The lowest BCUT2D eigenvalue weighted by Gasteiger charge is -2.09. The first-order valence-electron chi connectivity index (χ1n) is 7.44. The zero-order valence-corrected chi connectivity index (χ0v) is 13.5. The highest BCUT2D eigenvalue weighted by molar-refractivity contribution is 5.55. The van der Waals surface area contributed by atoms with E-state index in [1.807, 2.05) is 36.4 Å². The molecule has 1 heterocycles. The first kappa shape index (κ1) is 15.1. The van der Waals surface area contributed by atoms with Gasteiger partial charge in [0.15, 0.2) is 0 Å². The SMILES string of the molecule is COc1ccc(-c2nnc(CNc3cccc(C)c3C)o2)cc1. The summed E-state index contributed by atoms with van der Waals surface area (Å²) in [6, 6.07) is 13.7. The summed E-state index contributed by atoms with van der Waals surface area (Å²) in [5.74, 6) is 1.85. The summed E-state index contributed by atoms with van der Waals surface area (Å²) in [7, 11) is 1.64. The van der Waals surface area contributed by atoms with Gasteiger partial charge in [0.2, 0.25) is 11.8 Å². The largest absolute Gasteiger partial charge is 0.497 e. The normalized spacial score (nSPS) is 10.6. The number of nitrogens with zero attached hydrogens (tertiary/aromatic N) is 2. The van der Waals surface area contributed by atoms with Crippen LogP contribution in [0.2, 0.25) is 0 Å². The Kier molecular flexibility index (Phi) is 4.28. The fourth-order valence-electron chi connectivity index (χ4n) is 2.29. The van der Waals surface area contributed by atoms with E-state index in [1.54, 1.807) is 7.11 Å². The quantitative estimate of drug-likeness (QED) is 0.772. The Labute approximate surface area is 135 Å². The molecule has 0 unspecified atom stereocenters. The summed E-state index contributed by atoms with van der Waals surface area (Å²) in [5.41, 5.74) is 4.42. The van der Waals surface area contributed by atoms with Crippen molar-refractivity contribution >= 4 is 5.69 Å². The number of aromatic nitrogens is 2. The maximum Gasteiger partial charge on any atom is 0.247 e. The number of ether oxygens (including phenoxy) is 1. The Morgan fingerprint density at radius 3 is 2.57 bits per heavy atom. The summed E-state index contributed by atoms with van der Waals surface area (Å²) in [6.07, 6.45) is 0. The number of hydrogen-bond donors (Lipinski definition) is 1. The second-order valence-corrected chi connectivity index (χ2v) is 5.33. The Morgan fingerprint density at radius 2 is 1.83 bits per heavy atom. The van der Waals surface area contributed by atoms with E-state index in [0.29, 0.717) is 18.3 Å². The second kappa shape index (κ2) is 6.52. The molecule has 0 spiro atoms. The van der Waals surface area contributed by atoms with Gasteiger partial charge in [-0.3, -0.25) is 0 Å².